The minimum absolute atomic E-state index is 0.0379. The minimum atomic E-state index is 0.0379. The Morgan fingerprint density at radius 2 is 2.42 bits per heavy atom. The van der Waals surface area contributed by atoms with E-state index in [9.17, 15) is 4.79 Å². The van der Waals surface area contributed by atoms with Crippen LogP contribution in [0.3, 0.4) is 0 Å². The molecule has 2 fully saturated rings. The molecule has 2 N–H and O–H groups in total. The van der Waals surface area contributed by atoms with Gasteiger partial charge < -0.3 is 10.4 Å². The molecule has 2 atom stereocenters. The first-order valence-corrected chi connectivity index (χ1v) is 4.47. The molecule has 2 aliphatic rings. The van der Waals surface area contributed by atoms with E-state index < -0.39 is 0 Å². The van der Waals surface area contributed by atoms with E-state index in [0.717, 1.165) is 25.9 Å². The van der Waals surface area contributed by atoms with Crippen molar-refractivity contribution in [2.45, 2.75) is 24.9 Å². The van der Waals surface area contributed by atoms with Gasteiger partial charge in [0.25, 0.3) is 0 Å². The Labute approximate surface area is 71.5 Å². The number of carbonyl (C=O) groups excluding carboxylic acids is 1. The summed E-state index contributed by atoms with van der Waals surface area (Å²) in [5.74, 6) is 0.136. The van der Waals surface area contributed by atoms with Crippen molar-refractivity contribution in [2.75, 3.05) is 19.7 Å². The molecule has 4 heteroatoms. The fourth-order valence-corrected chi connectivity index (χ4v) is 2.18. The summed E-state index contributed by atoms with van der Waals surface area (Å²) >= 11 is 0. The summed E-state index contributed by atoms with van der Waals surface area (Å²) < 4.78 is 0. The first kappa shape index (κ1) is 8.01. The molecule has 0 unspecified atom stereocenters. The maximum Gasteiger partial charge on any atom is 0.237 e. The van der Waals surface area contributed by atoms with Gasteiger partial charge in [0.1, 0.15) is 0 Å². The zero-order valence-corrected chi connectivity index (χ0v) is 6.99. The molecule has 68 valence electrons. The highest BCUT2D eigenvalue weighted by Crippen LogP contribution is 2.24. The van der Waals surface area contributed by atoms with Crippen molar-refractivity contribution in [3.8, 4) is 0 Å². The van der Waals surface area contributed by atoms with Gasteiger partial charge in [0, 0.05) is 19.1 Å². The molecule has 2 rings (SSSR count). The Bertz CT molecular complexity index is 195. The van der Waals surface area contributed by atoms with E-state index in [-0.39, 0.29) is 24.6 Å². The van der Waals surface area contributed by atoms with Crippen LogP contribution < -0.4 is 5.32 Å². The summed E-state index contributed by atoms with van der Waals surface area (Å²) in [4.78, 5) is 13.4. The maximum absolute atomic E-state index is 11.3. The van der Waals surface area contributed by atoms with Gasteiger partial charge in [-0.25, -0.2) is 0 Å². The zero-order valence-electron chi connectivity index (χ0n) is 6.99. The molecular formula is C8H14N2O2. The molecule has 2 saturated heterocycles. The first-order chi connectivity index (χ1) is 5.83. The van der Waals surface area contributed by atoms with E-state index >= 15 is 0 Å². The summed E-state index contributed by atoms with van der Waals surface area (Å²) in [5, 5.41) is 11.9. The molecule has 0 spiro atoms. The number of amides is 1. The third-order valence-electron chi connectivity index (χ3n) is 2.83. The van der Waals surface area contributed by atoms with Gasteiger partial charge in [-0.15, -0.1) is 0 Å². The lowest BCUT2D eigenvalue weighted by molar-refractivity contribution is -0.128. The monoisotopic (exact) mass is 170 g/mol. The SMILES string of the molecule is O=C1NCCN2[C@@H](CO)CC[C@H]12. The molecule has 4 nitrogen and oxygen atoms in total. The van der Waals surface area contributed by atoms with E-state index in [2.05, 4.69) is 10.2 Å². The highest BCUT2D eigenvalue weighted by Gasteiger charge is 2.39. The van der Waals surface area contributed by atoms with Gasteiger partial charge in [-0.2, -0.15) is 0 Å². The van der Waals surface area contributed by atoms with Gasteiger partial charge in [0.2, 0.25) is 5.91 Å². The summed E-state index contributed by atoms with van der Waals surface area (Å²) in [6.45, 7) is 1.80. The number of nitrogens with zero attached hydrogens (tertiary/aromatic N) is 1. The molecule has 2 heterocycles. The number of hydrogen-bond acceptors (Lipinski definition) is 3. The largest absolute Gasteiger partial charge is 0.395 e. The van der Waals surface area contributed by atoms with Crippen LogP contribution in [-0.2, 0) is 4.79 Å². The smallest absolute Gasteiger partial charge is 0.237 e. The number of hydrogen-bond donors (Lipinski definition) is 2. The Kier molecular flexibility index (Phi) is 2.02. The number of carbonyl (C=O) groups is 1. The Hall–Kier alpha value is -0.610. The molecule has 0 aromatic heterocycles. The van der Waals surface area contributed by atoms with Gasteiger partial charge in [0.15, 0.2) is 0 Å². The second-order valence-corrected chi connectivity index (χ2v) is 3.46. The fraction of sp³-hybridized carbons (Fsp3) is 0.875. The molecule has 0 aliphatic carbocycles. The molecule has 12 heavy (non-hydrogen) atoms. The van der Waals surface area contributed by atoms with Crippen molar-refractivity contribution < 1.29 is 9.90 Å². The standard InChI is InChI=1S/C8H14N2O2/c11-5-6-1-2-7-8(12)9-3-4-10(6)7/h6-7,11H,1-5H2,(H,9,12)/t6-,7-/m1/s1. The lowest BCUT2D eigenvalue weighted by atomic mass is 10.2. The normalized spacial score (nSPS) is 36.2. The predicted octanol–water partition coefficient (Wildman–Crippen LogP) is -1.06. The second kappa shape index (κ2) is 3.03. The van der Waals surface area contributed by atoms with Crippen LogP contribution in [0.25, 0.3) is 0 Å². The van der Waals surface area contributed by atoms with Crippen molar-refractivity contribution in [1.29, 1.82) is 0 Å². The summed E-state index contributed by atoms with van der Waals surface area (Å²) in [6.07, 6.45) is 1.85. The Balaban J connectivity index is 2.08. The molecule has 0 aromatic carbocycles. The van der Waals surface area contributed by atoms with Gasteiger partial charge in [0.05, 0.1) is 12.6 Å². The highest BCUT2D eigenvalue weighted by molar-refractivity contribution is 5.82. The topological polar surface area (TPSA) is 52.6 Å². The van der Waals surface area contributed by atoms with Gasteiger partial charge in [-0.3, -0.25) is 9.69 Å². The average Bonchev–Trinajstić information content (AvgIpc) is 2.49. The maximum atomic E-state index is 11.3. The summed E-state index contributed by atoms with van der Waals surface area (Å²) in [5.41, 5.74) is 0. The number of aliphatic hydroxyl groups excluding tert-OH is 1. The summed E-state index contributed by atoms with van der Waals surface area (Å²) in [7, 11) is 0. The minimum Gasteiger partial charge on any atom is -0.395 e. The molecule has 0 saturated carbocycles. The molecule has 0 aromatic rings. The molecule has 1 amide bonds. The third kappa shape index (κ3) is 1.11. The zero-order chi connectivity index (χ0) is 8.55. The van der Waals surface area contributed by atoms with Crippen LogP contribution in [-0.4, -0.2) is 47.7 Å². The van der Waals surface area contributed by atoms with E-state index in [1.54, 1.807) is 0 Å². The van der Waals surface area contributed by atoms with Crippen molar-refractivity contribution in [3.63, 3.8) is 0 Å². The number of aliphatic hydroxyl groups is 1. The number of rotatable bonds is 1. The molecule has 0 radical (unpaired) electrons. The van der Waals surface area contributed by atoms with Crippen LogP contribution in [0.2, 0.25) is 0 Å². The van der Waals surface area contributed by atoms with Gasteiger partial charge >= 0.3 is 0 Å². The predicted molar refractivity (Wildman–Crippen MR) is 43.6 cm³/mol. The third-order valence-corrected chi connectivity index (χ3v) is 2.83. The van der Waals surface area contributed by atoms with Crippen LogP contribution in [0, 0.1) is 0 Å². The highest BCUT2D eigenvalue weighted by atomic mass is 16.3. The van der Waals surface area contributed by atoms with Crippen molar-refractivity contribution in [2.24, 2.45) is 0 Å². The van der Waals surface area contributed by atoms with Crippen LogP contribution >= 0.6 is 0 Å². The van der Waals surface area contributed by atoms with Gasteiger partial charge in [-0.1, -0.05) is 0 Å². The molecule has 0 bridgehead atoms. The molecule has 2 aliphatic heterocycles. The van der Waals surface area contributed by atoms with Crippen LogP contribution in [0.4, 0.5) is 0 Å². The van der Waals surface area contributed by atoms with Gasteiger partial charge in [-0.05, 0) is 12.8 Å². The van der Waals surface area contributed by atoms with E-state index in [1.807, 2.05) is 0 Å². The van der Waals surface area contributed by atoms with Crippen LogP contribution in [0.5, 0.6) is 0 Å². The average molecular weight is 170 g/mol. The van der Waals surface area contributed by atoms with Crippen molar-refractivity contribution >= 4 is 5.91 Å². The first-order valence-electron chi connectivity index (χ1n) is 4.47. The van der Waals surface area contributed by atoms with Crippen molar-refractivity contribution in [1.82, 2.24) is 10.2 Å². The number of nitrogens with one attached hydrogen (secondary N) is 1. The van der Waals surface area contributed by atoms with E-state index in [4.69, 9.17) is 5.11 Å². The second-order valence-electron chi connectivity index (χ2n) is 3.46. The lowest BCUT2D eigenvalue weighted by Gasteiger charge is -2.32. The van der Waals surface area contributed by atoms with E-state index in [0.29, 0.717) is 0 Å². The van der Waals surface area contributed by atoms with Crippen LogP contribution in [0.1, 0.15) is 12.8 Å². The Morgan fingerprint density at radius 1 is 1.58 bits per heavy atom. The number of piperazine rings is 1. The van der Waals surface area contributed by atoms with Crippen molar-refractivity contribution in [3.05, 3.63) is 0 Å². The quantitative estimate of drug-likeness (QED) is 0.527. The molecular weight excluding hydrogens is 156 g/mol. The Morgan fingerprint density at radius 3 is 3.17 bits per heavy atom. The summed E-state index contributed by atoms with van der Waals surface area (Å²) in [6, 6.07) is 0.261. The number of fused-ring (bicyclic) bond motifs is 1. The van der Waals surface area contributed by atoms with Crippen LogP contribution in [0.15, 0.2) is 0 Å². The lowest BCUT2D eigenvalue weighted by Crippen LogP contribution is -2.54. The fourth-order valence-electron chi connectivity index (χ4n) is 2.18. The van der Waals surface area contributed by atoms with E-state index in [1.165, 1.54) is 0 Å².